The molecule has 116 valence electrons. The maximum Gasteiger partial charge on any atom is 0.339 e. The van der Waals surface area contributed by atoms with E-state index < -0.39 is 5.97 Å². The number of aromatic nitrogens is 1. The summed E-state index contributed by atoms with van der Waals surface area (Å²) in [5.74, 6) is 0.479. The first kappa shape index (κ1) is 15.8. The van der Waals surface area contributed by atoms with Gasteiger partial charge in [0.25, 0.3) is 0 Å². The van der Waals surface area contributed by atoms with Gasteiger partial charge in [-0.2, -0.15) is 0 Å². The van der Waals surface area contributed by atoms with Crippen molar-refractivity contribution in [3.63, 3.8) is 0 Å². The van der Waals surface area contributed by atoms with Crippen molar-refractivity contribution in [2.24, 2.45) is 0 Å². The molecule has 0 aliphatic rings. The summed E-state index contributed by atoms with van der Waals surface area (Å²) in [6, 6.07) is 14.3. The van der Waals surface area contributed by atoms with Gasteiger partial charge in [-0.15, -0.1) is 0 Å². The predicted molar refractivity (Wildman–Crippen MR) is 90.2 cm³/mol. The second kappa shape index (κ2) is 6.98. The number of halogens is 2. The molecule has 0 aliphatic carbocycles. The number of oxazole rings is 1. The van der Waals surface area contributed by atoms with Gasteiger partial charge in [0.15, 0.2) is 12.4 Å². The van der Waals surface area contributed by atoms with Crippen molar-refractivity contribution in [3.8, 4) is 11.3 Å². The van der Waals surface area contributed by atoms with Crippen LogP contribution in [-0.4, -0.2) is 11.0 Å². The Morgan fingerprint density at radius 1 is 1.17 bits per heavy atom. The fourth-order valence-corrected chi connectivity index (χ4v) is 2.53. The monoisotopic (exact) mass is 391 g/mol. The summed E-state index contributed by atoms with van der Waals surface area (Å²) in [6.07, 6.45) is 1.59. The topological polar surface area (TPSA) is 52.3 Å². The van der Waals surface area contributed by atoms with E-state index in [1.807, 2.05) is 18.2 Å². The van der Waals surface area contributed by atoms with Gasteiger partial charge >= 0.3 is 5.97 Å². The highest BCUT2D eigenvalue weighted by atomic mass is 79.9. The Hall–Kier alpha value is -2.11. The number of carbonyl (C=O) groups excluding carboxylic acids is 1. The molecule has 0 bridgehead atoms. The third kappa shape index (κ3) is 3.81. The van der Waals surface area contributed by atoms with Crippen LogP contribution in [0.3, 0.4) is 0 Å². The number of rotatable bonds is 4. The van der Waals surface area contributed by atoms with Gasteiger partial charge < -0.3 is 9.15 Å². The summed E-state index contributed by atoms with van der Waals surface area (Å²) in [5, 5.41) is 0.649. The molecule has 0 amide bonds. The van der Waals surface area contributed by atoms with Crippen LogP contribution >= 0.6 is 27.5 Å². The van der Waals surface area contributed by atoms with Crippen LogP contribution in [0.15, 0.2) is 63.6 Å². The summed E-state index contributed by atoms with van der Waals surface area (Å²) < 4.78 is 11.5. The molecule has 23 heavy (non-hydrogen) atoms. The summed E-state index contributed by atoms with van der Waals surface area (Å²) >= 11 is 9.17. The van der Waals surface area contributed by atoms with Gasteiger partial charge in [-0.1, -0.05) is 23.7 Å². The van der Waals surface area contributed by atoms with E-state index in [0.29, 0.717) is 26.7 Å². The van der Waals surface area contributed by atoms with Gasteiger partial charge in [-0.3, -0.25) is 0 Å². The molecule has 0 saturated carbocycles. The van der Waals surface area contributed by atoms with E-state index in [2.05, 4.69) is 20.9 Å². The molecule has 0 N–H and O–H groups in total. The molecule has 3 aromatic rings. The molecule has 1 heterocycles. The Kier molecular flexibility index (Phi) is 4.79. The Bertz CT molecular complexity index is 830. The van der Waals surface area contributed by atoms with Crippen molar-refractivity contribution < 1.29 is 13.9 Å². The van der Waals surface area contributed by atoms with Crippen LogP contribution in [0.25, 0.3) is 11.3 Å². The van der Waals surface area contributed by atoms with Crippen molar-refractivity contribution in [1.29, 1.82) is 0 Å². The number of hydrogen-bond acceptors (Lipinski definition) is 4. The minimum Gasteiger partial charge on any atom is -0.452 e. The van der Waals surface area contributed by atoms with E-state index in [9.17, 15) is 4.79 Å². The first-order valence-electron chi connectivity index (χ1n) is 6.76. The molecule has 0 atom stereocenters. The van der Waals surface area contributed by atoms with Crippen molar-refractivity contribution in [3.05, 3.63) is 75.7 Å². The van der Waals surface area contributed by atoms with Gasteiger partial charge in [-0.05, 0) is 52.3 Å². The second-order valence-electron chi connectivity index (χ2n) is 4.68. The molecule has 2 aromatic carbocycles. The standard InChI is InChI=1S/C17H11BrClNO3/c18-14-4-2-1-3-13(14)17(21)22-10-16-20-9-15(23-16)11-5-7-12(19)8-6-11/h1-9H,10H2. The molecule has 0 aliphatic heterocycles. The molecular formula is C17H11BrClNO3. The lowest BCUT2D eigenvalue weighted by molar-refractivity contribution is 0.0438. The number of carbonyl (C=O) groups is 1. The van der Waals surface area contributed by atoms with Gasteiger partial charge in [0.1, 0.15) is 0 Å². The number of hydrogen-bond donors (Lipinski definition) is 0. The number of nitrogens with zero attached hydrogens (tertiary/aromatic N) is 1. The average Bonchev–Trinajstić information content (AvgIpc) is 3.03. The zero-order valence-electron chi connectivity index (χ0n) is 11.8. The van der Waals surface area contributed by atoms with E-state index in [-0.39, 0.29) is 6.61 Å². The highest BCUT2D eigenvalue weighted by Crippen LogP contribution is 2.23. The fraction of sp³-hybridized carbons (Fsp3) is 0.0588. The predicted octanol–water partition coefficient (Wildman–Crippen LogP) is 5.11. The van der Waals surface area contributed by atoms with Crippen molar-refractivity contribution in [2.75, 3.05) is 0 Å². The summed E-state index contributed by atoms with van der Waals surface area (Å²) in [6.45, 7) is -0.0340. The van der Waals surface area contributed by atoms with Gasteiger partial charge in [-0.25, -0.2) is 9.78 Å². The number of ether oxygens (including phenoxy) is 1. The normalized spacial score (nSPS) is 10.5. The highest BCUT2D eigenvalue weighted by Gasteiger charge is 2.13. The Morgan fingerprint density at radius 3 is 2.65 bits per heavy atom. The summed E-state index contributed by atoms with van der Waals surface area (Å²) in [4.78, 5) is 16.1. The Balaban J connectivity index is 1.67. The highest BCUT2D eigenvalue weighted by molar-refractivity contribution is 9.10. The average molecular weight is 393 g/mol. The van der Waals surface area contributed by atoms with Crippen LogP contribution < -0.4 is 0 Å². The van der Waals surface area contributed by atoms with E-state index in [1.165, 1.54) is 0 Å². The minimum atomic E-state index is -0.441. The van der Waals surface area contributed by atoms with Crippen LogP contribution in [0.5, 0.6) is 0 Å². The third-order valence-electron chi connectivity index (χ3n) is 3.10. The minimum absolute atomic E-state index is 0.0340. The van der Waals surface area contributed by atoms with Crippen molar-refractivity contribution in [1.82, 2.24) is 4.98 Å². The molecule has 1 aromatic heterocycles. The first-order chi connectivity index (χ1) is 11.1. The zero-order valence-corrected chi connectivity index (χ0v) is 14.2. The Labute approximate surface area is 146 Å². The van der Waals surface area contributed by atoms with Gasteiger partial charge in [0.05, 0.1) is 11.8 Å². The quantitative estimate of drug-likeness (QED) is 0.579. The second-order valence-corrected chi connectivity index (χ2v) is 5.97. The van der Waals surface area contributed by atoms with Gasteiger partial charge in [0.2, 0.25) is 5.89 Å². The lowest BCUT2D eigenvalue weighted by Gasteiger charge is -2.04. The Morgan fingerprint density at radius 2 is 1.91 bits per heavy atom. The summed E-state index contributed by atoms with van der Waals surface area (Å²) in [5.41, 5.74) is 1.31. The van der Waals surface area contributed by atoms with Crippen LogP contribution in [-0.2, 0) is 11.3 Å². The molecule has 0 saturated heterocycles. The number of benzene rings is 2. The molecule has 0 unspecified atom stereocenters. The van der Waals surface area contributed by atoms with Crippen LogP contribution in [0.4, 0.5) is 0 Å². The first-order valence-corrected chi connectivity index (χ1v) is 7.93. The zero-order chi connectivity index (χ0) is 16.2. The molecular weight excluding hydrogens is 382 g/mol. The summed E-state index contributed by atoms with van der Waals surface area (Å²) in [7, 11) is 0. The molecule has 3 rings (SSSR count). The molecule has 0 radical (unpaired) electrons. The van der Waals surface area contributed by atoms with Crippen LogP contribution in [0.2, 0.25) is 5.02 Å². The van der Waals surface area contributed by atoms with Crippen molar-refractivity contribution >= 4 is 33.5 Å². The SMILES string of the molecule is O=C(OCc1ncc(-c2ccc(Cl)cc2)o1)c1ccccc1Br. The van der Waals surface area contributed by atoms with E-state index in [1.54, 1.807) is 36.5 Å². The van der Waals surface area contributed by atoms with Gasteiger partial charge in [0, 0.05) is 15.1 Å². The van der Waals surface area contributed by atoms with E-state index >= 15 is 0 Å². The van der Waals surface area contributed by atoms with E-state index in [4.69, 9.17) is 20.8 Å². The molecule has 0 fully saturated rings. The molecule has 6 heteroatoms. The lowest BCUT2D eigenvalue weighted by Crippen LogP contribution is -2.06. The van der Waals surface area contributed by atoms with Crippen molar-refractivity contribution in [2.45, 2.75) is 6.61 Å². The lowest BCUT2D eigenvalue weighted by atomic mass is 10.2. The third-order valence-corrected chi connectivity index (χ3v) is 4.05. The van der Waals surface area contributed by atoms with Crippen LogP contribution in [0, 0.1) is 0 Å². The smallest absolute Gasteiger partial charge is 0.339 e. The maximum absolute atomic E-state index is 12.0. The maximum atomic E-state index is 12.0. The molecule has 0 spiro atoms. The number of esters is 1. The van der Waals surface area contributed by atoms with Crippen LogP contribution in [0.1, 0.15) is 16.2 Å². The fourth-order valence-electron chi connectivity index (χ4n) is 1.96. The largest absolute Gasteiger partial charge is 0.452 e. The van der Waals surface area contributed by atoms with E-state index in [0.717, 1.165) is 5.56 Å². The molecule has 4 nitrogen and oxygen atoms in total.